The van der Waals surface area contributed by atoms with Gasteiger partial charge in [-0.2, -0.15) is 0 Å². The summed E-state index contributed by atoms with van der Waals surface area (Å²) in [7, 11) is 2.53. The van der Waals surface area contributed by atoms with Crippen LogP contribution in [0.4, 0.5) is 0 Å². The Morgan fingerprint density at radius 1 is 1.11 bits per heavy atom. The number of hydrogen-bond acceptors (Lipinski definition) is 2. The first kappa shape index (κ1) is 19.1. The van der Waals surface area contributed by atoms with E-state index in [2.05, 4.69) is 12.0 Å². The van der Waals surface area contributed by atoms with Gasteiger partial charge in [0.1, 0.15) is 0 Å². The van der Waals surface area contributed by atoms with Gasteiger partial charge in [0.15, 0.2) is 0 Å². The number of hydrogen-bond donors (Lipinski definition) is 2. The van der Waals surface area contributed by atoms with Crippen molar-refractivity contribution >= 4 is 7.75 Å². The molecule has 0 aromatic heterocycles. The van der Waals surface area contributed by atoms with Crippen molar-refractivity contribution in [2.45, 2.75) is 45.4 Å². The third-order valence-electron chi connectivity index (χ3n) is 2.86. The van der Waals surface area contributed by atoms with E-state index in [9.17, 15) is 9.46 Å². The van der Waals surface area contributed by atoms with Crippen LogP contribution in [0.1, 0.15) is 45.4 Å². The maximum absolute atomic E-state index is 11.7. The lowest BCUT2D eigenvalue weighted by Crippen LogP contribution is -2.40. The first-order valence-electron chi connectivity index (χ1n) is 7.30. The predicted molar refractivity (Wildman–Crippen MR) is 80.1 cm³/mol. The SMILES string of the molecule is CCCCCCCCOP(=O)(O)NCC[N+](C)(C)C. The van der Waals surface area contributed by atoms with E-state index in [1.165, 1.54) is 25.7 Å². The number of rotatable bonds is 12. The van der Waals surface area contributed by atoms with Crippen molar-refractivity contribution in [3.05, 3.63) is 0 Å². The zero-order valence-corrected chi connectivity index (χ0v) is 13.9. The van der Waals surface area contributed by atoms with Crippen LogP contribution in [0, 0.1) is 0 Å². The van der Waals surface area contributed by atoms with Crippen LogP contribution in [0.3, 0.4) is 0 Å². The van der Waals surface area contributed by atoms with Gasteiger partial charge in [-0.25, -0.2) is 9.65 Å². The Bertz CT molecular complexity index is 267. The molecule has 1 atom stereocenters. The fourth-order valence-electron chi connectivity index (χ4n) is 1.64. The van der Waals surface area contributed by atoms with Gasteiger partial charge in [-0.15, -0.1) is 0 Å². The average molecular weight is 295 g/mol. The first-order chi connectivity index (χ1) is 8.77. The summed E-state index contributed by atoms with van der Waals surface area (Å²) in [6, 6.07) is 0. The summed E-state index contributed by atoms with van der Waals surface area (Å²) in [6.07, 6.45) is 6.85. The molecule has 6 heteroatoms. The lowest BCUT2D eigenvalue weighted by molar-refractivity contribution is -0.869. The van der Waals surface area contributed by atoms with Crippen molar-refractivity contribution in [2.75, 3.05) is 40.8 Å². The Morgan fingerprint density at radius 3 is 2.26 bits per heavy atom. The van der Waals surface area contributed by atoms with Crippen LogP contribution >= 0.6 is 7.75 Å². The summed E-state index contributed by atoms with van der Waals surface area (Å²) >= 11 is 0. The van der Waals surface area contributed by atoms with Gasteiger partial charge in [-0.05, 0) is 6.42 Å². The Labute approximate surface area is 118 Å². The Hall–Kier alpha value is 0.0700. The molecule has 5 nitrogen and oxygen atoms in total. The second-order valence-corrected chi connectivity index (χ2v) is 7.66. The molecule has 1 unspecified atom stereocenters. The minimum atomic E-state index is -3.60. The zero-order valence-electron chi connectivity index (χ0n) is 13.0. The van der Waals surface area contributed by atoms with Crippen molar-refractivity contribution in [3.8, 4) is 0 Å². The molecule has 0 fully saturated rings. The van der Waals surface area contributed by atoms with E-state index in [0.717, 1.165) is 23.9 Å². The maximum Gasteiger partial charge on any atom is 0.403 e. The van der Waals surface area contributed by atoms with Gasteiger partial charge < -0.3 is 9.38 Å². The highest BCUT2D eigenvalue weighted by atomic mass is 31.2. The number of nitrogens with one attached hydrogen (secondary N) is 1. The van der Waals surface area contributed by atoms with Crippen LogP contribution < -0.4 is 5.09 Å². The van der Waals surface area contributed by atoms with E-state index >= 15 is 0 Å². The van der Waals surface area contributed by atoms with E-state index in [-0.39, 0.29) is 0 Å². The summed E-state index contributed by atoms with van der Waals surface area (Å²) in [5.74, 6) is 0. The number of nitrogens with zero attached hydrogens (tertiary/aromatic N) is 1. The predicted octanol–water partition coefficient (Wildman–Crippen LogP) is 2.76. The van der Waals surface area contributed by atoms with E-state index in [1.807, 2.05) is 21.1 Å². The van der Waals surface area contributed by atoms with Crippen LogP contribution in [-0.4, -0.2) is 50.2 Å². The second-order valence-electron chi connectivity index (χ2n) is 6.04. The zero-order chi connectivity index (χ0) is 14.8. The van der Waals surface area contributed by atoms with Gasteiger partial charge in [-0.1, -0.05) is 39.0 Å². The van der Waals surface area contributed by atoms with Crippen LogP contribution in [0.5, 0.6) is 0 Å². The number of unbranched alkanes of at least 4 members (excludes halogenated alkanes) is 5. The molecule has 116 valence electrons. The van der Waals surface area contributed by atoms with Crippen molar-refractivity contribution < 1.29 is 18.5 Å². The van der Waals surface area contributed by atoms with Crippen LogP contribution in [0.2, 0.25) is 0 Å². The molecule has 2 N–H and O–H groups in total. The molecule has 0 heterocycles. The van der Waals surface area contributed by atoms with E-state index in [4.69, 9.17) is 4.52 Å². The standard InChI is InChI=1S/C13H31N2O3P/c1-5-6-7-8-9-10-13-18-19(16,17)14-11-12-15(2,3)4/h5-13H2,1-4H3,(H-,14,16,17)/p+1. The molecule has 0 radical (unpaired) electrons. The molecule has 0 amide bonds. The first-order valence-corrected chi connectivity index (χ1v) is 8.87. The molecule has 0 aromatic carbocycles. The average Bonchev–Trinajstić information content (AvgIpc) is 2.25. The number of likely N-dealkylation sites (N-methyl/N-ethyl adjacent to an activating group) is 1. The van der Waals surface area contributed by atoms with Gasteiger partial charge in [-0.3, -0.25) is 4.52 Å². The van der Waals surface area contributed by atoms with Crippen LogP contribution in [-0.2, 0) is 9.09 Å². The third kappa shape index (κ3) is 14.3. The van der Waals surface area contributed by atoms with E-state index < -0.39 is 7.75 Å². The summed E-state index contributed by atoms with van der Waals surface area (Å²) in [6.45, 7) is 3.81. The molecule has 0 aliphatic rings. The molecule has 0 bridgehead atoms. The summed E-state index contributed by atoms with van der Waals surface area (Å²) in [4.78, 5) is 9.57. The lowest BCUT2D eigenvalue weighted by atomic mass is 10.1. The molecular formula is C13H32N2O3P+. The van der Waals surface area contributed by atoms with Crippen LogP contribution in [0.15, 0.2) is 0 Å². The van der Waals surface area contributed by atoms with Gasteiger partial charge in [0.25, 0.3) is 0 Å². The molecule has 0 aliphatic heterocycles. The Morgan fingerprint density at radius 2 is 1.68 bits per heavy atom. The smallest absolute Gasteiger partial charge is 0.330 e. The van der Waals surface area contributed by atoms with Crippen molar-refractivity contribution in [3.63, 3.8) is 0 Å². The maximum atomic E-state index is 11.7. The lowest BCUT2D eigenvalue weighted by Gasteiger charge is -2.24. The fourth-order valence-corrected chi connectivity index (χ4v) is 2.49. The normalized spacial score (nSPS) is 15.4. The molecular weight excluding hydrogens is 263 g/mol. The third-order valence-corrected chi connectivity index (χ3v) is 4.01. The minimum absolute atomic E-state index is 0.358. The highest BCUT2D eigenvalue weighted by molar-refractivity contribution is 7.50. The van der Waals surface area contributed by atoms with E-state index in [0.29, 0.717) is 13.2 Å². The Kier molecular flexibility index (Phi) is 9.93. The fraction of sp³-hybridized carbons (Fsp3) is 1.00. The largest absolute Gasteiger partial charge is 0.403 e. The molecule has 0 rings (SSSR count). The monoisotopic (exact) mass is 295 g/mol. The molecule has 19 heavy (non-hydrogen) atoms. The van der Waals surface area contributed by atoms with Crippen molar-refractivity contribution in [1.29, 1.82) is 0 Å². The summed E-state index contributed by atoms with van der Waals surface area (Å²) < 4.78 is 17.4. The Balaban J connectivity index is 3.54. The number of quaternary nitrogens is 1. The highest BCUT2D eigenvalue weighted by Crippen LogP contribution is 2.36. The van der Waals surface area contributed by atoms with E-state index in [1.54, 1.807) is 0 Å². The highest BCUT2D eigenvalue weighted by Gasteiger charge is 2.19. The van der Waals surface area contributed by atoms with Gasteiger partial charge in [0.2, 0.25) is 0 Å². The van der Waals surface area contributed by atoms with Crippen molar-refractivity contribution in [1.82, 2.24) is 5.09 Å². The second kappa shape index (κ2) is 9.89. The molecule has 0 spiro atoms. The summed E-state index contributed by atoms with van der Waals surface area (Å²) in [5, 5.41) is 2.60. The molecule has 0 saturated heterocycles. The van der Waals surface area contributed by atoms with Crippen molar-refractivity contribution in [2.24, 2.45) is 0 Å². The summed E-state index contributed by atoms with van der Waals surface area (Å²) in [5.41, 5.74) is 0. The molecule has 0 saturated carbocycles. The molecule has 0 aliphatic carbocycles. The minimum Gasteiger partial charge on any atom is -0.330 e. The quantitative estimate of drug-likeness (QED) is 0.330. The molecule has 0 aromatic rings. The van der Waals surface area contributed by atoms with Gasteiger partial charge in [0, 0.05) is 0 Å². The topological polar surface area (TPSA) is 58.6 Å². The van der Waals surface area contributed by atoms with Gasteiger partial charge >= 0.3 is 7.75 Å². The van der Waals surface area contributed by atoms with Gasteiger partial charge in [0.05, 0.1) is 40.8 Å². The van der Waals surface area contributed by atoms with Crippen LogP contribution in [0.25, 0.3) is 0 Å².